The van der Waals surface area contributed by atoms with Crippen molar-refractivity contribution in [1.29, 1.82) is 0 Å². The number of nitrogens with zero attached hydrogens (tertiary/aromatic N) is 1. The van der Waals surface area contributed by atoms with Gasteiger partial charge >= 0.3 is 5.97 Å². The largest absolute Gasteiger partial charge is 0.477 e. The number of aliphatic hydroxyl groups excluding tert-OH is 1. The van der Waals surface area contributed by atoms with Gasteiger partial charge in [0.15, 0.2) is 0 Å². The Labute approximate surface area is 114 Å². The molecule has 0 aromatic rings. The Balaban J connectivity index is 2.14. The number of rotatable bonds is 6. The molecule has 1 saturated heterocycles. The second-order valence-electron chi connectivity index (χ2n) is 4.64. The molecule has 0 aromatic heterocycles. The minimum absolute atomic E-state index is 0.00563. The van der Waals surface area contributed by atoms with Crippen molar-refractivity contribution in [2.24, 2.45) is 11.1 Å². The summed E-state index contributed by atoms with van der Waals surface area (Å²) >= 11 is 1.01. The van der Waals surface area contributed by atoms with Crippen LogP contribution in [0.3, 0.4) is 0 Å². The van der Waals surface area contributed by atoms with Crippen molar-refractivity contribution in [2.45, 2.75) is 25.5 Å². The number of carboxylic acid groups (broad SMARTS) is 1. The molecular weight excluding hydrogens is 272 g/mol. The van der Waals surface area contributed by atoms with Crippen LogP contribution in [0.15, 0.2) is 11.3 Å². The van der Waals surface area contributed by atoms with Crippen LogP contribution in [0.1, 0.15) is 13.3 Å². The molecule has 0 bridgehead atoms. The van der Waals surface area contributed by atoms with Crippen LogP contribution >= 0.6 is 11.9 Å². The lowest BCUT2D eigenvalue weighted by Crippen LogP contribution is -2.61. The number of hydrogen-bond donors (Lipinski definition) is 3. The summed E-state index contributed by atoms with van der Waals surface area (Å²) < 4.78 is 5.22. The number of carbonyl (C=O) groups is 2. The molecule has 0 aliphatic carbocycles. The Morgan fingerprint density at radius 1 is 1.68 bits per heavy atom. The van der Waals surface area contributed by atoms with E-state index < -0.39 is 18.0 Å². The maximum atomic E-state index is 11.9. The Bertz CT molecular complexity index is 437. The first-order chi connectivity index (χ1) is 8.99. The summed E-state index contributed by atoms with van der Waals surface area (Å²) in [6.45, 7) is 1.68. The van der Waals surface area contributed by atoms with E-state index in [1.54, 1.807) is 6.92 Å². The van der Waals surface area contributed by atoms with Gasteiger partial charge in [0, 0.05) is 0 Å². The number of nitrogens with two attached hydrogens (primary N) is 1. The first-order valence-electron chi connectivity index (χ1n) is 5.85. The fourth-order valence-corrected chi connectivity index (χ4v) is 2.88. The molecular formula is C11H16N2O5S. The Hall–Kier alpha value is -1.09. The molecule has 2 heterocycles. The van der Waals surface area contributed by atoms with Gasteiger partial charge in [-0.3, -0.25) is 9.93 Å². The van der Waals surface area contributed by atoms with Crippen molar-refractivity contribution in [2.75, 3.05) is 12.5 Å². The van der Waals surface area contributed by atoms with E-state index in [0.717, 1.165) is 11.9 Å². The van der Waals surface area contributed by atoms with E-state index in [0.29, 0.717) is 12.0 Å². The van der Waals surface area contributed by atoms with E-state index in [-0.39, 0.29) is 30.2 Å². The zero-order valence-corrected chi connectivity index (χ0v) is 11.2. The van der Waals surface area contributed by atoms with E-state index >= 15 is 0 Å². The maximum Gasteiger partial charge on any atom is 0.352 e. The molecule has 8 heteroatoms. The normalized spacial score (nSPS) is 27.3. The summed E-state index contributed by atoms with van der Waals surface area (Å²) in [4.78, 5) is 24.4. The van der Waals surface area contributed by atoms with Gasteiger partial charge in [0.25, 0.3) is 0 Å². The summed E-state index contributed by atoms with van der Waals surface area (Å²) in [7, 11) is 0. The smallest absolute Gasteiger partial charge is 0.352 e. The third kappa shape index (κ3) is 2.36. The molecule has 1 fully saturated rings. The van der Waals surface area contributed by atoms with Gasteiger partial charge in [0.2, 0.25) is 5.91 Å². The number of aliphatic carboxylic acids is 1. The van der Waals surface area contributed by atoms with Crippen LogP contribution in [0.5, 0.6) is 0 Å². The molecule has 7 nitrogen and oxygen atoms in total. The van der Waals surface area contributed by atoms with Crippen LogP contribution in [0.25, 0.3) is 0 Å². The van der Waals surface area contributed by atoms with Gasteiger partial charge in [-0.1, -0.05) is 11.9 Å². The number of hydrogen-bond acceptors (Lipinski definition) is 6. The van der Waals surface area contributed by atoms with Crippen molar-refractivity contribution in [3.63, 3.8) is 0 Å². The summed E-state index contributed by atoms with van der Waals surface area (Å²) in [6, 6.07) is -0.261. The number of β-lactam (4-membered cyclic amide) rings is 1. The van der Waals surface area contributed by atoms with Crippen LogP contribution in [0, 0.1) is 5.92 Å². The SMILES string of the molecule is CC(O)C1C(=O)N2C(C(=O)O)=C(COCSN)CC12. The lowest BCUT2D eigenvalue weighted by atomic mass is 9.83. The highest BCUT2D eigenvalue weighted by atomic mass is 32.2. The van der Waals surface area contributed by atoms with E-state index in [1.807, 2.05) is 0 Å². The van der Waals surface area contributed by atoms with E-state index in [1.165, 1.54) is 4.90 Å². The van der Waals surface area contributed by atoms with Crippen molar-refractivity contribution < 1.29 is 24.5 Å². The Morgan fingerprint density at radius 2 is 2.37 bits per heavy atom. The number of fused-ring (bicyclic) bond motifs is 1. The summed E-state index contributed by atoms with van der Waals surface area (Å²) in [5.41, 5.74) is 0.567. The first-order valence-corrected chi connectivity index (χ1v) is 6.89. The van der Waals surface area contributed by atoms with Crippen LogP contribution in [0.4, 0.5) is 0 Å². The minimum atomic E-state index is -1.14. The molecule has 2 aliphatic rings. The standard InChI is InChI=1S/C11H16N2O5S/c1-5(14)8-7-2-6(3-18-4-19-12)9(11(16)17)13(7)10(8)15/h5,7-8,14H,2-4,12H2,1H3,(H,16,17). The molecule has 4 N–H and O–H groups in total. The van der Waals surface area contributed by atoms with Crippen LogP contribution in [-0.2, 0) is 14.3 Å². The molecule has 106 valence electrons. The van der Waals surface area contributed by atoms with Gasteiger partial charge in [-0.05, 0) is 18.9 Å². The average molecular weight is 288 g/mol. The quantitative estimate of drug-likeness (QED) is 0.262. The van der Waals surface area contributed by atoms with Crippen molar-refractivity contribution >= 4 is 23.8 Å². The highest BCUT2D eigenvalue weighted by Gasteiger charge is 2.56. The van der Waals surface area contributed by atoms with Crippen molar-refractivity contribution in [1.82, 2.24) is 4.90 Å². The topological polar surface area (TPSA) is 113 Å². The van der Waals surface area contributed by atoms with Gasteiger partial charge < -0.3 is 19.8 Å². The second-order valence-corrected chi connectivity index (χ2v) is 5.21. The van der Waals surface area contributed by atoms with Crippen molar-refractivity contribution in [3.05, 3.63) is 11.3 Å². The summed E-state index contributed by atoms with van der Waals surface area (Å²) in [5, 5.41) is 24.0. The average Bonchev–Trinajstić information content (AvgIpc) is 2.64. The molecule has 0 saturated carbocycles. The zero-order chi connectivity index (χ0) is 14.2. The van der Waals surface area contributed by atoms with Gasteiger partial charge in [-0.2, -0.15) is 0 Å². The fraction of sp³-hybridized carbons (Fsp3) is 0.636. The summed E-state index contributed by atoms with van der Waals surface area (Å²) in [6.07, 6.45) is -0.346. The first kappa shape index (κ1) is 14.3. The lowest BCUT2D eigenvalue weighted by molar-refractivity contribution is -0.161. The highest BCUT2D eigenvalue weighted by Crippen LogP contribution is 2.43. The molecule has 19 heavy (non-hydrogen) atoms. The second kappa shape index (κ2) is 5.49. The highest BCUT2D eigenvalue weighted by molar-refractivity contribution is 7.96. The zero-order valence-electron chi connectivity index (χ0n) is 10.4. The molecule has 2 rings (SSSR count). The van der Waals surface area contributed by atoms with E-state index in [4.69, 9.17) is 9.88 Å². The number of carboxylic acids is 1. The minimum Gasteiger partial charge on any atom is -0.477 e. The fourth-order valence-electron chi connectivity index (χ4n) is 2.70. The number of carbonyl (C=O) groups excluding carboxylic acids is 1. The van der Waals surface area contributed by atoms with Crippen LogP contribution in [0.2, 0.25) is 0 Å². The molecule has 0 radical (unpaired) electrons. The Kier molecular flexibility index (Phi) is 4.14. The van der Waals surface area contributed by atoms with Crippen LogP contribution < -0.4 is 5.14 Å². The van der Waals surface area contributed by atoms with E-state index in [2.05, 4.69) is 0 Å². The van der Waals surface area contributed by atoms with Gasteiger partial charge in [0.1, 0.15) is 11.6 Å². The predicted octanol–water partition coefficient (Wildman–Crippen LogP) is -0.482. The number of amides is 1. The Morgan fingerprint density at radius 3 is 2.89 bits per heavy atom. The predicted molar refractivity (Wildman–Crippen MR) is 67.7 cm³/mol. The molecule has 1 amide bonds. The maximum absolute atomic E-state index is 11.9. The van der Waals surface area contributed by atoms with Gasteiger partial charge in [-0.15, -0.1) is 0 Å². The third-order valence-electron chi connectivity index (χ3n) is 3.45. The third-order valence-corrected chi connectivity index (χ3v) is 3.75. The lowest BCUT2D eigenvalue weighted by Gasteiger charge is -2.44. The number of ether oxygens (including phenoxy) is 1. The molecule has 0 aromatic carbocycles. The summed E-state index contributed by atoms with van der Waals surface area (Å²) in [5.74, 6) is -1.73. The molecule has 0 spiro atoms. The van der Waals surface area contributed by atoms with Crippen LogP contribution in [-0.4, -0.2) is 51.7 Å². The molecule has 3 atom stereocenters. The van der Waals surface area contributed by atoms with Crippen molar-refractivity contribution in [3.8, 4) is 0 Å². The van der Waals surface area contributed by atoms with E-state index in [9.17, 15) is 19.8 Å². The number of aliphatic hydroxyl groups is 1. The van der Waals surface area contributed by atoms with Gasteiger partial charge in [-0.25, -0.2) is 4.79 Å². The monoisotopic (exact) mass is 288 g/mol. The molecule has 2 aliphatic heterocycles. The molecule has 3 unspecified atom stereocenters. The van der Waals surface area contributed by atoms with Gasteiger partial charge in [0.05, 0.1) is 24.7 Å².